The van der Waals surface area contributed by atoms with E-state index in [0.29, 0.717) is 47.1 Å². The van der Waals surface area contributed by atoms with Crippen molar-refractivity contribution in [1.82, 2.24) is 9.55 Å². The summed E-state index contributed by atoms with van der Waals surface area (Å²) in [4.78, 5) is 17.6. The zero-order valence-electron chi connectivity index (χ0n) is 17.4. The summed E-state index contributed by atoms with van der Waals surface area (Å²) in [7, 11) is -4.00. The topological polar surface area (TPSA) is 99.5 Å². The molecule has 1 N–H and O–H groups in total. The number of ether oxygens (including phenoxy) is 2. The largest absolute Gasteiger partial charge is 0.486 e. The van der Waals surface area contributed by atoms with Gasteiger partial charge in [0.05, 0.1) is 32.2 Å². The Morgan fingerprint density at radius 3 is 2.58 bits per heavy atom. The van der Waals surface area contributed by atoms with Crippen molar-refractivity contribution in [2.45, 2.75) is 11.8 Å². The molecular weight excluding hydrogens is 466 g/mol. The molecule has 0 saturated heterocycles. The number of benzene rings is 3. The van der Waals surface area contributed by atoms with Gasteiger partial charge >= 0.3 is 0 Å². The second-order valence-corrected chi connectivity index (χ2v) is 9.48. The lowest BCUT2D eigenvalue weighted by Crippen LogP contribution is -2.22. The number of aromatic nitrogens is 2. The molecule has 3 aromatic carbocycles. The summed E-state index contributed by atoms with van der Waals surface area (Å²) in [5, 5.41) is 0.635. The fraction of sp³-hybridized carbons (Fsp3) is 0.130. The molecule has 1 aliphatic rings. The van der Waals surface area contributed by atoms with Crippen LogP contribution >= 0.6 is 11.6 Å². The van der Waals surface area contributed by atoms with Gasteiger partial charge in [0.2, 0.25) is 0 Å². The van der Waals surface area contributed by atoms with Crippen LogP contribution in [-0.4, -0.2) is 31.2 Å². The Morgan fingerprint density at radius 2 is 1.76 bits per heavy atom. The van der Waals surface area contributed by atoms with Crippen LogP contribution in [0.15, 0.2) is 70.4 Å². The quantitative estimate of drug-likeness (QED) is 0.472. The number of hydrogen-bond acceptors (Lipinski definition) is 6. The van der Waals surface area contributed by atoms with Gasteiger partial charge in [-0.2, -0.15) is 0 Å². The molecule has 0 spiro atoms. The molecule has 0 fully saturated rings. The summed E-state index contributed by atoms with van der Waals surface area (Å²) in [6.07, 6.45) is 0. The van der Waals surface area contributed by atoms with E-state index in [1.165, 1.54) is 28.8 Å². The Bertz CT molecular complexity index is 1570. The van der Waals surface area contributed by atoms with Gasteiger partial charge < -0.3 is 9.47 Å². The van der Waals surface area contributed by atoms with Gasteiger partial charge in [0.25, 0.3) is 15.6 Å². The van der Waals surface area contributed by atoms with Crippen molar-refractivity contribution in [3.63, 3.8) is 0 Å². The van der Waals surface area contributed by atoms with Gasteiger partial charge in [0, 0.05) is 6.07 Å². The highest BCUT2D eigenvalue weighted by Crippen LogP contribution is 2.34. The van der Waals surface area contributed by atoms with Crippen LogP contribution in [-0.2, 0) is 10.0 Å². The maximum absolute atomic E-state index is 13.1. The van der Waals surface area contributed by atoms with E-state index in [1.54, 1.807) is 37.3 Å². The smallest absolute Gasteiger partial charge is 0.265 e. The molecular formula is C23H18ClN3O5S. The summed E-state index contributed by atoms with van der Waals surface area (Å²) < 4.78 is 40.9. The van der Waals surface area contributed by atoms with Crippen molar-refractivity contribution >= 4 is 38.2 Å². The number of rotatable bonds is 4. The third-order valence-electron chi connectivity index (χ3n) is 5.22. The number of nitrogens with one attached hydrogen (secondary N) is 1. The SMILES string of the molecule is Cc1nc2ccccc2c(=O)n1-c1ccc(Cl)c(NS(=O)(=O)c2ccc3c(c2)OCCO3)c1. The van der Waals surface area contributed by atoms with E-state index >= 15 is 0 Å². The minimum Gasteiger partial charge on any atom is -0.486 e. The average molecular weight is 484 g/mol. The summed E-state index contributed by atoms with van der Waals surface area (Å²) >= 11 is 6.29. The van der Waals surface area contributed by atoms with Crippen molar-refractivity contribution in [3.8, 4) is 17.2 Å². The Balaban J connectivity index is 1.55. The van der Waals surface area contributed by atoms with E-state index in [9.17, 15) is 13.2 Å². The third kappa shape index (κ3) is 3.90. The summed E-state index contributed by atoms with van der Waals surface area (Å²) in [6.45, 7) is 2.45. The Hall–Kier alpha value is -3.56. The van der Waals surface area contributed by atoms with Crippen LogP contribution in [0.2, 0.25) is 5.02 Å². The molecule has 0 aliphatic carbocycles. The van der Waals surface area contributed by atoms with Crippen molar-refractivity contribution in [3.05, 3.63) is 81.9 Å². The normalized spacial score (nSPS) is 13.2. The molecule has 33 heavy (non-hydrogen) atoms. The summed E-state index contributed by atoms with van der Waals surface area (Å²) in [5.41, 5.74) is 0.884. The number of fused-ring (bicyclic) bond motifs is 2. The number of anilines is 1. The van der Waals surface area contributed by atoms with Crippen LogP contribution in [0.5, 0.6) is 11.5 Å². The van der Waals surface area contributed by atoms with Gasteiger partial charge in [-0.15, -0.1) is 0 Å². The van der Waals surface area contributed by atoms with Gasteiger partial charge in [0.1, 0.15) is 19.0 Å². The fourth-order valence-electron chi connectivity index (χ4n) is 3.67. The predicted molar refractivity (Wildman–Crippen MR) is 125 cm³/mol. The number of halogens is 1. The highest BCUT2D eigenvalue weighted by atomic mass is 35.5. The molecule has 10 heteroatoms. The molecule has 5 rings (SSSR count). The molecule has 0 atom stereocenters. The van der Waals surface area contributed by atoms with Crippen LogP contribution in [0, 0.1) is 6.92 Å². The van der Waals surface area contributed by atoms with Crippen LogP contribution in [0.1, 0.15) is 5.82 Å². The van der Waals surface area contributed by atoms with E-state index in [4.69, 9.17) is 21.1 Å². The van der Waals surface area contributed by atoms with E-state index in [2.05, 4.69) is 9.71 Å². The molecule has 2 heterocycles. The first kappa shape index (κ1) is 21.3. The zero-order valence-corrected chi connectivity index (χ0v) is 19.0. The second-order valence-electron chi connectivity index (χ2n) is 7.39. The molecule has 0 saturated carbocycles. The number of sulfonamides is 1. The van der Waals surface area contributed by atoms with Gasteiger partial charge in [-0.1, -0.05) is 23.7 Å². The summed E-state index contributed by atoms with van der Waals surface area (Å²) in [5.74, 6) is 1.30. The predicted octanol–water partition coefficient (Wildman–Crippen LogP) is 3.92. The number of hydrogen-bond donors (Lipinski definition) is 1. The lowest BCUT2D eigenvalue weighted by Gasteiger charge is -2.19. The van der Waals surface area contributed by atoms with Crippen LogP contribution < -0.4 is 19.8 Å². The molecule has 168 valence electrons. The number of para-hydroxylation sites is 1. The van der Waals surface area contributed by atoms with Gasteiger partial charge in [-0.3, -0.25) is 14.1 Å². The minimum atomic E-state index is -4.00. The molecule has 0 unspecified atom stereocenters. The van der Waals surface area contributed by atoms with Gasteiger partial charge in [0.15, 0.2) is 11.5 Å². The first-order valence-corrected chi connectivity index (χ1v) is 11.9. The first-order chi connectivity index (χ1) is 15.8. The van der Waals surface area contributed by atoms with Gasteiger partial charge in [-0.05, 0) is 49.4 Å². The lowest BCUT2D eigenvalue weighted by atomic mass is 10.2. The molecule has 4 aromatic rings. The first-order valence-electron chi connectivity index (χ1n) is 10.0. The maximum Gasteiger partial charge on any atom is 0.265 e. The monoisotopic (exact) mass is 483 g/mol. The van der Waals surface area contributed by atoms with Crippen molar-refractivity contribution < 1.29 is 17.9 Å². The highest BCUT2D eigenvalue weighted by Gasteiger charge is 2.21. The van der Waals surface area contributed by atoms with Gasteiger partial charge in [-0.25, -0.2) is 13.4 Å². The maximum atomic E-state index is 13.1. The fourth-order valence-corrected chi connectivity index (χ4v) is 4.98. The average Bonchev–Trinajstić information content (AvgIpc) is 2.80. The minimum absolute atomic E-state index is 0.00561. The van der Waals surface area contributed by atoms with Crippen molar-refractivity contribution in [1.29, 1.82) is 0 Å². The van der Waals surface area contributed by atoms with Crippen LogP contribution in [0.25, 0.3) is 16.6 Å². The molecule has 0 amide bonds. The summed E-state index contributed by atoms with van der Waals surface area (Å²) in [6, 6.07) is 16.1. The molecule has 8 nitrogen and oxygen atoms in total. The molecule has 1 aromatic heterocycles. The lowest BCUT2D eigenvalue weighted by molar-refractivity contribution is 0.171. The standard InChI is InChI=1S/C23H18ClN3O5S/c1-14-25-19-5-3-2-4-17(19)23(28)27(14)15-6-8-18(24)20(12-15)26-33(29,30)16-7-9-21-22(13-16)32-11-10-31-21/h2-9,12-13,26H,10-11H2,1H3. The number of nitrogens with zero attached hydrogens (tertiary/aromatic N) is 2. The van der Waals surface area contributed by atoms with E-state index < -0.39 is 10.0 Å². The van der Waals surface area contributed by atoms with E-state index in [1.807, 2.05) is 6.07 Å². The molecule has 0 radical (unpaired) electrons. The van der Waals surface area contributed by atoms with E-state index in [0.717, 1.165) is 0 Å². The molecule has 1 aliphatic heterocycles. The van der Waals surface area contributed by atoms with E-state index in [-0.39, 0.29) is 21.2 Å². The Kier molecular flexibility index (Phi) is 5.22. The van der Waals surface area contributed by atoms with Crippen molar-refractivity contribution in [2.24, 2.45) is 0 Å². The van der Waals surface area contributed by atoms with Crippen molar-refractivity contribution in [2.75, 3.05) is 17.9 Å². The Labute approximate surface area is 194 Å². The number of aryl methyl sites for hydroxylation is 1. The third-order valence-corrected chi connectivity index (χ3v) is 6.91. The highest BCUT2D eigenvalue weighted by molar-refractivity contribution is 7.92. The zero-order chi connectivity index (χ0) is 23.2. The molecule has 0 bridgehead atoms. The Morgan fingerprint density at radius 1 is 1.00 bits per heavy atom. The van der Waals surface area contributed by atoms with Crippen LogP contribution in [0.3, 0.4) is 0 Å². The van der Waals surface area contributed by atoms with Crippen LogP contribution in [0.4, 0.5) is 5.69 Å². The second kappa shape index (κ2) is 8.09.